The second kappa shape index (κ2) is 6.18. The molecule has 0 atom stereocenters. The molecule has 0 radical (unpaired) electrons. The first-order valence-corrected chi connectivity index (χ1v) is 6.49. The van der Waals surface area contributed by atoms with Crippen molar-refractivity contribution >= 4 is 5.57 Å². The van der Waals surface area contributed by atoms with Gasteiger partial charge in [0, 0.05) is 12.6 Å². The fourth-order valence-electron chi connectivity index (χ4n) is 1.80. The molecule has 1 aromatic heterocycles. The molecule has 1 aromatic carbocycles. The van der Waals surface area contributed by atoms with E-state index in [1.165, 1.54) is 0 Å². The van der Waals surface area contributed by atoms with Crippen LogP contribution in [0.4, 0.5) is 0 Å². The van der Waals surface area contributed by atoms with Crippen molar-refractivity contribution in [3.8, 4) is 5.75 Å². The summed E-state index contributed by atoms with van der Waals surface area (Å²) >= 11 is 0. The molecule has 2 rings (SSSR count). The Hall–Kier alpha value is -2.10. The summed E-state index contributed by atoms with van der Waals surface area (Å²) in [5.41, 5.74) is 2.88. The van der Waals surface area contributed by atoms with E-state index in [-0.39, 0.29) is 0 Å². The van der Waals surface area contributed by atoms with Crippen LogP contribution in [0.3, 0.4) is 0 Å². The molecule has 0 aliphatic rings. The molecule has 1 heterocycles. The van der Waals surface area contributed by atoms with Gasteiger partial charge in [0.2, 0.25) is 0 Å². The third kappa shape index (κ3) is 3.22. The van der Waals surface area contributed by atoms with Crippen LogP contribution >= 0.6 is 0 Å². The molecule has 4 heteroatoms. The molecular weight excluding hydrogens is 238 g/mol. The number of ether oxygens (including phenoxy) is 1. The quantitative estimate of drug-likeness (QED) is 0.747. The smallest absolute Gasteiger partial charge is 0.119 e. The zero-order chi connectivity index (χ0) is 13.7. The van der Waals surface area contributed by atoms with E-state index in [0.717, 1.165) is 42.0 Å². The highest BCUT2D eigenvalue weighted by molar-refractivity contribution is 5.76. The fraction of sp³-hybridized carbons (Fsp3) is 0.333. The third-order valence-corrected chi connectivity index (χ3v) is 2.99. The van der Waals surface area contributed by atoms with Crippen LogP contribution in [0.2, 0.25) is 0 Å². The molecule has 0 amide bonds. The topological polar surface area (TPSA) is 39.9 Å². The Morgan fingerprint density at radius 2 is 2.05 bits per heavy atom. The zero-order valence-electron chi connectivity index (χ0n) is 11.5. The zero-order valence-corrected chi connectivity index (χ0v) is 11.5. The molecule has 0 aliphatic heterocycles. The summed E-state index contributed by atoms with van der Waals surface area (Å²) in [5.74, 6) is 0.896. The second-order valence-corrected chi connectivity index (χ2v) is 4.45. The maximum Gasteiger partial charge on any atom is 0.119 e. The number of aryl methyl sites for hydroxylation is 1. The Bertz CT molecular complexity index is 543. The van der Waals surface area contributed by atoms with Crippen LogP contribution in [0.25, 0.3) is 5.57 Å². The number of hydrogen-bond acceptors (Lipinski definition) is 3. The largest absolute Gasteiger partial charge is 0.494 e. The Morgan fingerprint density at radius 1 is 1.32 bits per heavy atom. The molecule has 2 aromatic rings. The summed E-state index contributed by atoms with van der Waals surface area (Å²) in [6.45, 7) is 7.01. The van der Waals surface area contributed by atoms with Crippen molar-refractivity contribution in [1.82, 2.24) is 15.0 Å². The summed E-state index contributed by atoms with van der Waals surface area (Å²) in [4.78, 5) is 0. The fourth-order valence-corrected chi connectivity index (χ4v) is 1.80. The minimum absolute atomic E-state index is 0.766. The normalized spacial score (nSPS) is 10.4. The van der Waals surface area contributed by atoms with E-state index in [4.69, 9.17) is 4.74 Å². The van der Waals surface area contributed by atoms with Crippen molar-refractivity contribution in [3.05, 3.63) is 48.3 Å². The SMILES string of the molecule is C=C(c1ccc(OCCCC)cc1)c1cnnn1C. The van der Waals surface area contributed by atoms with Gasteiger partial charge >= 0.3 is 0 Å². The van der Waals surface area contributed by atoms with Crippen LogP contribution in [0, 0.1) is 0 Å². The van der Waals surface area contributed by atoms with Crippen LogP contribution in [0.5, 0.6) is 5.75 Å². The molecule has 0 fully saturated rings. The summed E-state index contributed by atoms with van der Waals surface area (Å²) in [6.07, 6.45) is 3.94. The summed E-state index contributed by atoms with van der Waals surface area (Å²) < 4.78 is 7.35. The van der Waals surface area contributed by atoms with Crippen LogP contribution in [0.15, 0.2) is 37.0 Å². The number of rotatable bonds is 6. The molecule has 0 spiro atoms. The Kier molecular flexibility index (Phi) is 4.34. The van der Waals surface area contributed by atoms with E-state index >= 15 is 0 Å². The number of aromatic nitrogens is 3. The van der Waals surface area contributed by atoms with Gasteiger partial charge in [0.05, 0.1) is 18.5 Å². The molecular formula is C15H19N3O. The first kappa shape index (κ1) is 13.3. The predicted octanol–water partition coefficient (Wildman–Crippen LogP) is 3.06. The van der Waals surface area contributed by atoms with Gasteiger partial charge in [-0.3, -0.25) is 0 Å². The van der Waals surface area contributed by atoms with Gasteiger partial charge in [-0.05, 0) is 24.1 Å². The van der Waals surface area contributed by atoms with Crippen LogP contribution < -0.4 is 4.74 Å². The van der Waals surface area contributed by atoms with E-state index in [1.54, 1.807) is 10.9 Å². The van der Waals surface area contributed by atoms with E-state index in [9.17, 15) is 0 Å². The lowest BCUT2D eigenvalue weighted by molar-refractivity contribution is 0.309. The Labute approximate surface area is 113 Å². The number of hydrogen-bond donors (Lipinski definition) is 0. The highest BCUT2D eigenvalue weighted by atomic mass is 16.5. The van der Waals surface area contributed by atoms with Crippen molar-refractivity contribution in [1.29, 1.82) is 0 Å². The van der Waals surface area contributed by atoms with E-state index < -0.39 is 0 Å². The lowest BCUT2D eigenvalue weighted by Crippen LogP contribution is -1.99. The molecule has 0 aliphatic carbocycles. The third-order valence-electron chi connectivity index (χ3n) is 2.99. The van der Waals surface area contributed by atoms with Crippen molar-refractivity contribution in [2.24, 2.45) is 7.05 Å². The highest BCUT2D eigenvalue weighted by Crippen LogP contribution is 2.22. The molecule has 100 valence electrons. The minimum Gasteiger partial charge on any atom is -0.494 e. The van der Waals surface area contributed by atoms with Crippen LogP contribution in [-0.4, -0.2) is 21.6 Å². The van der Waals surface area contributed by atoms with Gasteiger partial charge in [-0.2, -0.15) is 0 Å². The first-order chi connectivity index (χ1) is 9.22. The van der Waals surface area contributed by atoms with E-state index in [1.807, 2.05) is 31.3 Å². The van der Waals surface area contributed by atoms with Gasteiger partial charge in [0.15, 0.2) is 0 Å². The maximum absolute atomic E-state index is 5.64. The number of nitrogens with zero attached hydrogens (tertiary/aromatic N) is 3. The van der Waals surface area contributed by atoms with Crippen molar-refractivity contribution < 1.29 is 4.74 Å². The molecule has 0 saturated heterocycles. The lowest BCUT2D eigenvalue weighted by Gasteiger charge is -2.08. The van der Waals surface area contributed by atoms with E-state index in [2.05, 4.69) is 23.8 Å². The van der Waals surface area contributed by atoms with Crippen LogP contribution in [0.1, 0.15) is 31.0 Å². The van der Waals surface area contributed by atoms with Gasteiger partial charge in [0.25, 0.3) is 0 Å². The van der Waals surface area contributed by atoms with Gasteiger partial charge in [-0.1, -0.05) is 37.3 Å². The highest BCUT2D eigenvalue weighted by Gasteiger charge is 2.07. The maximum atomic E-state index is 5.64. The summed E-state index contributed by atoms with van der Waals surface area (Å²) in [7, 11) is 1.86. The summed E-state index contributed by atoms with van der Waals surface area (Å²) in [6, 6.07) is 7.97. The average molecular weight is 257 g/mol. The number of unbranched alkanes of at least 4 members (excludes halogenated alkanes) is 1. The molecule has 4 nitrogen and oxygen atoms in total. The molecule has 0 bridgehead atoms. The van der Waals surface area contributed by atoms with Crippen molar-refractivity contribution in [2.75, 3.05) is 6.61 Å². The molecule has 0 N–H and O–H groups in total. The average Bonchev–Trinajstić information content (AvgIpc) is 2.85. The van der Waals surface area contributed by atoms with Gasteiger partial charge in [-0.15, -0.1) is 5.10 Å². The monoisotopic (exact) mass is 257 g/mol. The Morgan fingerprint density at radius 3 is 2.63 bits per heavy atom. The van der Waals surface area contributed by atoms with E-state index in [0.29, 0.717) is 0 Å². The number of benzene rings is 1. The van der Waals surface area contributed by atoms with Crippen LogP contribution in [-0.2, 0) is 7.05 Å². The van der Waals surface area contributed by atoms with Crippen molar-refractivity contribution in [3.63, 3.8) is 0 Å². The van der Waals surface area contributed by atoms with Crippen molar-refractivity contribution in [2.45, 2.75) is 19.8 Å². The predicted molar refractivity (Wildman–Crippen MR) is 76.0 cm³/mol. The standard InChI is InChI=1S/C15H19N3O/c1-4-5-10-19-14-8-6-13(7-9-14)12(2)15-11-16-17-18(15)3/h6-9,11H,2,4-5,10H2,1,3H3. The van der Waals surface area contributed by atoms with Gasteiger partial charge < -0.3 is 4.74 Å². The second-order valence-electron chi connectivity index (χ2n) is 4.45. The Balaban J connectivity index is 2.06. The summed E-state index contributed by atoms with van der Waals surface area (Å²) in [5, 5.41) is 7.77. The molecule has 0 saturated carbocycles. The van der Waals surface area contributed by atoms with Gasteiger partial charge in [0.1, 0.15) is 5.75 Å². The minimum atomic E-state index is 0.766. The molecule has 0 unspecified atom stereocenters. The van der Waals surface area contributed by atoms with Gasteiger partial charge in [-0.25, -0.2) is 4.68 Å². The first-order valence-electron chi connectivity index (χ1n) is 6.49. The lowest BCUT2D eigenvalue weighted by atomic mass is 10.1. The molecule has 19 heavy (non-hydrogen) atoms.